The van der Waals surface area contributed by atoms with Crippen molar-refractivity contribution in [3.8, 4) is 17.2 Å². The smallest absolute Gasteiger partial charge is 0.254 e. The number of aromatic nitrogens is 4. The van der Waals surface area contributed by atoms with E-state index in [4.69, 9.17) is 0 Å². The zero-order valence-corrected chi connectivity index (χ0v) is 17.2. The lowest BCUT2D eigenvalue weighted by Gasteiger charge is -2.15. The van der Waals surface area contributed by atoms with Crippen LogP contribution >= 0.6 is 0 Å². The van der Waals surface area contributed by atoms with Gasteiger partial charge in [-0.25, -0.2) is 19.0 Å². The van der Waals surface area contributed by atoms with Crippen molar-refractivity contribution in [3.63, 3.8) is 0 Å². The molecule has 1 aliphatic rings. The first-order chi connectivity index (χ1) is 15.0. The summed E-state index contributed by atoms with van der Waals surface area (Å²) in [6.45, 7) is 3.66. The van der Waals surface area contributed by atoms with Crippen molar-refractivity contribution in [1.82, 2.24) is 30.0 Å². The molecule has 9 heteroatoms. The Bertz CT molecular complexity index is 1110. The molecule has 2 amide bonds. The van der Waals surface area contributed by atoms with E-state index in [1.54, 1.807) is 31.2 Å². The van der Waals surface area contributed by atoms with Gasteiger partial charge in [0, 0.05) is 37.8 Å². The highest BCUT2D eigenvalue weighted by atomic mass is 19.1. The molecule has 31 heavy (non-hydrogen) atoms. The summed E-state index contributed by atoms with van der Waals surface area (Å²) >= 11 is 0. The molecule has 2 aromatic heterocycles. The van der Waals surface area contributed by atoms with Gasteiger partial charge >= 0.3 is 0 Å². The van der Waals surface area contributed by atoms with Gasteiger partial charge in [-0.15, -0.1) is 0 Å². The summed E-state index contributed by atoms with van der Waals surface area (Å²) in [6.07, 6.45) is 5.21. The lowest BCUT2D eigenvalue weighted by Crippen LogP contribution is -2.30. The third kappa shape index (κ3) is 4.45. The molecular weight excluding hydrogens is 399 g/mol. The average Bonchev–Trinajstić information content (AvgIpc) is 3.36. The first-order valence-electron chi connectivity index (χ1n) is 10.2. The molecule has 1 N–H and O–H groups in total. The second kappa shape index (κ2) is 9.03. The minimum atomic E-state index is -0.375. The number of amides is 2. The number of nitrogens with one attached hydrogen (secondary N) is 1. The van der Waals surface area contributed by atoms with Crippen LogP contribution in [0.3, 0.4) is 0 Å². The molecule has 1 saturated heterocycles. The summed E-state index contributed by atoms with van der Waals surface area (Å²) < 4.78 is 15.6. The fourth-order valence-corrected chi connectivity index (χ4v) is 3.61. The van der Waals surface area contributed by atoms with Gasteiger partial charge in [-0.2, -0.15) is 5.10 Å². The van der Waals surface area contributed by atoms with Crippen molar-refractivity contribution >= 4 is 11.8 Å². The standard InChI is InChI=1S/C22H23FN6O2/c1-15-17(21(31)24-10-5-13-28-12-4-8-20(28)30)14-26-29(15)22-25-11-9-19(27-22)16-6-2-3-7-18(16)23/h2-3,6-7,9,11,14H,4-5,8,10,12-13H2,1H3,(H,24,31). The molecule has 8 nitrogen and oxygen atoms in total. The van der Waals surface area contributed by atoms with Gasteiger partial charge < -0.3 is 10.2 Å². The van der Waals surface area contributed by atoms with Crippen LogP contribution in [0.4, 0.5) is 4.39 Å². The Morgan fingerprint density at radius 2 is 2.10 bits per heavy atom. The molecule has 160 valence electrons. The molecule has 4 rings (SSSR count). The monoisotopic (exact) mass is 422 g/mol. The number of benzene rings is 1. The summed E-state index contributed by atoms with van der Waals surface area (Å²) in [5, 5.41) is 7.12. The van der Waals surface area contributed by atoms with E-state index in [0.29, 0.717) is 48.4 Å². The van der Waals surface area contributed by atoms with Crippen molar-refractivity contribution in [1.29, 1.82) is 0 Å². The fraction of sp³-hybridized carbons (Fsp3) is 0.318. The van der Waals surface area contributed by atoms with Crippen molar-refractivity contribution in [2.75, 3.05) is 19.6 Å². The Morgan fingerprint density at radius 1 is 1.26 bits per heavy atom. The number of carbonyl (C=O) groups is 2. The van der Waals surface area contributed by atoms with E-state index < -0.39 is 0 Å². The van der Waals surface area contributed by atoms with Crippen LogP contribution in [-0.2, 0) is 4.79 Å². The predicted octanol–water partition coefficient (Wildman–Crippen LogP) is 2.52. The number of hydrogen-bond acceptors (Lipinski definition) is 5. The van der Waals surface area contributed by atoms with E-state index >= 15 is 0 Å². The van der Waals surface area contributed by atoms with Gasteiger partial charge in [-0.1, -0.05) is 12.1 Å². The number of nitrogens with zero attached hydrogens (tertiary/aromatic N) is 5. The summed E-state index contributed by atoms with van der Waals surface area (Å²) in [5.41, 5.74) is 1.79. The van der Waals surface area contributed by atoms with Gasteiger partial charge in [-0.05, 0) is 38.0 Å². The molecule has 0 atom stereocenters. The zero-order valence-electron chi connectivity index (χ0n) is 17.2. The summed E-state index contributed by atoms with van der Waals surface area (Å²) in [6, 6.07) is 8.00. The highest BCUT2D eigenvalue weighted by Gasteiger charge is 2.20. The second-order valence-corrected chi connectivity index (χ2v) is 7.37. The van der Waals surface area contributed by atoms with E-state index in [-0.39, 0.29) is 23.6 Å². The fourth-order valence-electron chi connectivity index (χ4n) is 3.61. The average molecular weight is 422 g/mol. The van der Waals surface area contributed by atoms with Gasteiger partial charge in [0.05, 0.1) is 23.1 Å². The van der Waals surface area contributed by atoms with Crippen LogP contribution in [0.5, 0.6) is 0 Å². The predicted molar refractivity (Wildman–Crippen MR) is 112 cm³/mol. The van der Waals surface area contributed by atoms with Gasteiger partial charge in [0.25, 0.3) is 11.9 Å². The third-order valence-electron chi connectivity index (χ3n) is 5.30. The van der Waals surface area contributed by atoms with Crippen LogP contribution in [0.25, 0.3) is 17.2 Å². The number of carbonyl (C=O) groups excluding carboxylic acids is 2. The normalized spacial score (nSPS) is 13.6. The molecule has 0 spiro atoms. The summed E-state index contributed by atoms with van der Waals surface area (Å²) in [5.74, 6) is -0.187. The van der Waals surface area contributed by atoms with Gasteiger partial charge in [0.2, 0.25) is 5.91 Å². The number of rotatable bonds is 7. The Balaban J connectivity index is 1.43. The van der Waals surface area contributed by atoms with Gasteiger partial charge in [0.15, 0.2) is 0 Å². The Morgan fingerprint density at radius 3 is 2.87 bits per heavy atom. The maximum Gasteiger partial charge on any atom is 0.254 e. The van der Waals surface area contributed by atoms with Crippen molar-refractivity contribution < 1.29 is 14.0 Å². The first-order valence-corrected chi connectivity index (χ1v) is 10.2. The van der Waals surface area contributed by atoms with E-state index in [1.165, 1.54) is 23.1 Å². The van der Waals surface area contributed by atoms with Crippen molar-refractivity contribution in [2.24, 2.45) is 0 Å². The van der Waals surface area contributed by atoms with E-state index in [9.17, 15) is 14.0 Å². The number of halogens is 1. The molecule has 0 radical (unpaired) electrons. The maximum atomic E-state index is 14.1. The zero-order chi connectivity index (χ0) is 21.8. The topological polar surface area (TPSA) is 93.0 Å². The SMILES string of the molecule is Cc1c(C(=O)NCCCN2CCCC2=O)cnn1-c1nccc(-c2ccccc2F)n1. The highest BCUT2D eigenvalue weighted by molar-refractivity contribution is 5.95. The first kappa shape index (κ1) is 20.6. The van der Waals surface area contributed by atoms with E-state index in [2.05, 4.69) is 20.4 Å². The summed E-state index contributed by atoms with van der Waals surface area (Å²) in [7, 11) is 0. The molecule has 3 aromatic rings. The third-order valence-corrected chi connectivity index (χ3v) is 5.30. The molecule has 1 aromatic carbocycles. The minimum absolute atomic E-state index is 0.182. The van der Waals surface area contributed by atoms with Crippen LogP contribution in [0.1, 0.15) is 35.3 Å². The van der Waals surface area contributed by atoms with Crippen LogP contribution in [0.2, 0.25) is 0 Å². The molecule has 0 unspecified atom stereocenters. The quantitative estimate of drug-likeness (QED) is 0.591. The maximum absolute atomic E-state index is 14.1. The molecule has 1 fully saturated rings. The molecule has 1 aliphatic heterocycles. The van der Waals surface area contributed by atoms with E-state index in [0.717, 1.165) is 13.0 Å². The van der Waals surface area contributed by atoms with Crippen LogP contribution < -0.4 is 5.32 Å². The molecule has 0 saturated carbocycles. The Labute approximate surface area is 179 Å². The van der Waals surface area contributed by atoms with Crippen LogP contribution in [-0.4, -0.2) is 56.1 Å². The largest absolute Gasteiger partial charge is 0.352 e. The second-order valence-electron chi connectivity index (χ2n) is 7.37. The Hall–Kier alpha value is -3.62. The molecule has 0 aliphatic carbocycles. The highest BCUT2D eigenvalue weighted by Crippen LogP contribution is 2.21. The lowest BCUT2D eigenvalue weighted by molar-refractivity contribution is -0.127. The molecular formula is C22H23FN6O2. The Kier molecular flexibility index (Phi) is 6.01. The lowest BCUT2D eigenvalue weighted by atomic mass is 10.1. The van der Waals surface area contributed by atoms with Crippen LogP contribution in [0, 0.1) is 12.7 Å². The number of hydrogen-bond donors (Lipinski definition) is 1. The van der Waals surface area contributed by atoms with Crippen molar-refractivity contribution in [3.05, 3.63) is 59.8 Å². The summed E-state index contributed by atoms with van der Waals surface area (Å²) in [4.78, 5) is 34.7. The van der Waals surface area contributed by atoms with Gasteiger partial charge in [-0.3, -0.25) is 9.59 Å². The molecule has 0 bridgehead atoms. The number of likely N-dealkylation sites (tertiary alicyclic amines) is 1. The van der Waals surface area contributed by atoms with E-state index in [1.807, 2.05) is 4.90 Å². The minimum Gasteiger partial charge on any atom is -0.352 e. The molecule has 3 heterocycles. The van der Waals surface area contributed by atoms with Crippen molar-refractivity contribution in [2.45, 2.75) is 26.2 Å². The van der Waals surface area contributed by atoms with Crippen LogP contribution in [0.15, 0.2) is 42.7 Å². The van der Waals surface area contributed by atoms with Gasteiger partial charge in [0.1, 0.15) is 5.82 Å².